The van der Waals surface area contributed by atoms with Crippen LogP contribution in [0.1, 0.15) is 19.3 Å². The molecule has 4 atom stereocenters. The summed E-state index contributed by atoms with van der Waals surface area (Å²) in [5.74, 6) is 0.841. The molecule has 1 aromatic carbocycles. The van der Waals surface area contributed by atoms with E-state index in [4.69, 9.17) is 11.6 Å². The topological polar surface area (TPSA) is 49.4 Å². The number of nitrogens with zero attached hydrogens (tertiary/aromatic N) is 1. The van der Waals surface area contributed by atoms with Crippen molar-refractivity contribution in [2.24, 2.45) is 17.8 Å². The Hall–Kier alpha value is -1.55. The van der Waals surface area contributed by atoms with Gasteiger partial charge in [-0.3, -0.25) is 4.79 Å². The number of fused-ring (bicyclic) bond motifs is 5. The molecule has 1 aromatic rings. The van der Waals surface area contributed by atoms with E-state index in [9.17, 15) is 9.59 Å². The molecule has 1 saturated heterocycles. The molecule has 1 heterocycles. The molecule has 104 valence electrons. The summed E-state index contributed by atoms with van der Waals surface area (Å²) >= 11 is 5.86. The number of carbonyl (C=O) groups is 2. The van der Waals surface area contributed by atoms with Gasteiger partial charge in [0.15, 0.2) is 0 Å². The Morgan fingerprint density at radius 1 is 1.10 bits per heavy atom. The summed E-state index contributed by atoms with van der Waals surface area (Å²) in [6.07, 6.45) is 3.33. The van der Waals surface area contributed by atoms with Crippen LogP contribution in [0.5, 0.6) is 0 Å². The van der Waals surface area contributed by atoms with E-state index in [1.165, 1.54) is 4.90 Å². The molecular formula is C15H15ClN2O2. The SMILES string of the molecule is O=C1N[C@H]2[C@@H]3CC[C@@H](C3)[C@H]2C(=O)N1c1ccc(Cl)cc1. The third kappa shape index (κ3) is 1.61. The second-order valence-corrected chi connectivity index (χ2v) is 6.42. The first-order chi connectivity index (χ1) is 9.65. The molecule has 0 spiro atoms. The van der Waals surface area contributed by atoms with E-state index in [2.05, 4.69) is 5.32 Å². The second-order valence-electron chi connectivity index (χ2n) is 5.98. The quantitative estimate of drug-likeness (QED) is 0.864. The number of urea groups is 1. The number of amides is 3. The second kappa shape index (κ2) is 4.22. The minimum Gasteiger partial charge on any atom is -0.333 e. The molecule has 3 fully saturated rings. The van der Waals surface area contributed by atoms with Crippen LogP contribution in [0.15, 0.2) is 24.3 Å². The van der Waals surface area contributed by atoms with E-state index in [-0.39, 0.29) is 23.9 Å². The van der Waals surface area contributed by atoms with Crippen LogP contribution in [0.3, 0.4) is 0 Å². The fourth-order valence-electron chi connectivity index (χ4n) is 4.15. The van der Waals surface area contributed by atoms with Crippen molar-refractivity contribution < 1.29 is 9.59 Å². The fourth-order valence-corrected chi connectivity index (χ4v) is 4.27. The summed E-state index contributed by atoms with van der Waals surface area (Å²) in [5.41, 5.74) is 0.595. The summed E-state index contributed by atoms with van der Waals surface area (Å²) in [5, 5.41) is 3.63. The largest absolute Gasteiger partial charge is 0.333 e. The van der Waals surface area contributed by atoms with E-state index in [1.54, 1.807) is 24.3 Å². The van der Waals surface area contributed by atoms with Gasteiger partial charge in [0.25, 0.3) is 0 Å². The van der Waals surface area contributed by atoms with Crippen molar-refractivity contribution in [1.82, 2.24) is 5.32 Å². The lowest BCUT2D eigenvalue weighted by Gasteiger charge is -2.39. The number of anilines is 1. The van der Waals surface area contributed by atoms with Gasteiger partial charge in [0.1, 0.15) is 0 Å². The van der Waals surface area contributed by atoms with E-state index in [0.717, 1.165) is 19.3 Å². The van der Waals surface area contributed by atoms with Crippen LogP contribution < -0.4 is 10.2 Å². The fraction of sp³-hybridized carbons (Fsp3) is 0.467. The number of hydrogen-bond acceptors (Lipinski definition) is 2. The first-order valence-electron chi connectivity index (χ1n) is 7.05. The highest BCUT2D eigenvalue weighted by atomic mass is 35.5. The zero-order valence-electron chi connectivity index (χ0n) is 10.9. The number of nitrogens with one attached hydrogen (secondary N) is 1. The number of carbonyl (C=O) groups excluding carboxylic acids is 2. The molecule has 1 aliphatic heterocycles. The Labute approximate surface area is 122 Å². The van der Waals surface area contributed by atoms with Gasteiger partial charge in [0, 0.05) is 11.1 Å². The molecule has 0 aromatic heterocycles. The predicted molar refractivity (Wildman–Crippen MR) is 75.6 cm³/mol. The lowest BCUT2D eigenvalue weighted by Crippen LogP contribution is -2.62. The standard InChI is InChI=1S/C15H15ClN2O2/c16-10-3-5-11(6-4-10)18-14(19)12-8-1-2-9(7-8)13(12)17-15(18)20/h3-6,8-9,12-13H,1-2,7H2,(H,17,20)/t8-,9+,12+,13-/m0/s1. The first kappa shape index (κ1) is 12.2. The lowest BCUT2D eigenvalue weighted by molar-refractivity contribution is -0.124. The molecule has 5 heteroatoms. The van der Waals surface area contributed by atoms with Gasteiger partial charge in [-0.05, 0) is 55.4 Å². The summed E-state index contributed by atoms with van der Waals surface area (Å²) in [6.45, 7) is 0. The summed E-state index contributed by atoms with van der Waals surface area (Å²) in [7, 11) is 0. The van der Waals surface area contributed by atoms with Gasteiger partial charge in [-0.15, -0.1) is 0 Å². The monoisotopic (exact) mass is 290 g/mol. The van der Waals surface area contributed by atoms with Gasteiger partial charge >= 0.3 is 6.03 Å². The number of benzene rings is 1. The minimum absolute atomic E-state index is 0.0397. The molecule has 2 bridgehead atoms. The van der Waals surface area contributed by atoms with Gasteiger partial charge in [-0.1, -0.05) is 11.6 Å². The lowest BCUT2D eigenvalue weighted by atomic mass is 9.82. The highest BCUT2D eigenvalue weighted by Gasteiger charge is 2.56. The molecular weight excluding hydrogens is 276 g/mol. The van der Waals surface area contributed by atoms with Crippen molar-refractivity contribution >= 4 is 29.2 Å². The Morgan fingerprint density at radius 3 is 2.55 bits per heavy atom. The molecule has 3 aliphatic rings. The molecule has 2 saturated carbocycles. The highest BCUT2D eigenvalue weighted by molar-refractivity contribution is 6.30. The zero-order valence-corrected chi connectivity index (χ0v) is 11.6. The molecule has 4 nitrogen and oxygen atoms in total. The van der Waals surface area contributed by atoms with Crippen molar-refractivity contribution in [3.05, 3.63) is 29.3 Å². The van der Waals surface area contributed by atoms with Crippen LogP contribution in [-0.2, 0) is 4.79 Å². The predicted octanol–water partition coefficient (Wildman–Crippen LogP) is 2.81. The van der Waals surface area contributed by atoms with Crippen molar-refractivity contribution in [3.8, 4) is 0 Å². The molecule has 0 unspecified atom stereocenters. The van der Waals surface area contributed by atoms with Gasteiger partial charge in [-0.2, -0.15) is 0 Å². The smallest absolute Gasteiger partial charge is 0.329 e. The maximum absolute atomic E-state index is 12.7. The van der Waals surface area contributed by atoms with Gasteiger partial charge in [0.05, 0.1) is 11.6 Å². The molecule has 4 rings (SSSR count). The van der Waals surface area contributed by atoms with Crippen molar-refractivity contribution in [3.63, 3.8) is 0 Å². The van der Waals surface area contributed by atoms with E-state index >= 15 is 0 Å². The van der Waals surface area contributed by atoms with Crippen LogP contribution in [0.4, 0.5) is 10.5 Å². The summed E-state index contributed by atoms with van der Waals surface area (Å²) in [4.78, 5) is 26.3. The van der Waals surface area contributed by atoms with E-state index in [1.807, 2.05) is 0 Å². The Balaban J connectivity index is 1.69. The van der Waals surface area contributed by atoms with E-state index in [0.29, 0.717) is 22.5 Å². The van der Waals surface area contributed by atoms with Crippen LogP contribution in [0.25, 0.3) is 0 Å². The summed E-state index contributed by atoms with van der Waals surface area (Å²) in [6, 6.07) is 6.58. The number of hydrogen-bond donors (Lipinski definition) is 1. The molecule has 0 radical (unpaired) electrons. The van der Waals surface area contributed by atoms with Crippen LogP contribution >= 0.6 is 11.6 Å². The molecule has 20 heavy (non-hydrogen) atoms. The van der Waals surface area contributed by atoms with Crippen molar-refractivity contribution in [1.29, 1.82) is 0 Å². The van der Waals surface area contributed by atoms with Crippen LogP contribution in [0, 0.1) is 17.8 Å². The van der Waals surface area contributed by atoms with E-state index < -0.39 is 0 Å². The Bertz CT molecular complexity index is 586. The molecule has 2 aliphatic carbocycles. The Kier molecular flexibility index (Phi) is 2.58. The Morgan fingerprint density at radius 2 is 1.80 bits per heavy atom. The zero-order chi connectivity index (χ0) is 13.9. The average Bonchev–Trinajstić information content (AvgIpc) is 3.02. The maximum atomic E-state index is 12.7. The van der Waals surface area contributed by atoms with Gasteiger partial charge < -0.3 is 5.32 Å². The van der Waals surface area contributed by atoms with Gasteiger partial charge in [-0.25, -0.2) is 9.69 Å². The van der Waals surface area contributed by atoms with Gasteiger partial charge in [0.2, 0.25) is 5.91 Å². The van der Waals surface area contributed by atoms with Crippen molar-refractivity contribution in [2.45, 2.75) is 25.3 Å². The third-order valence-corrected chi connectivity index (χ3v) is 5.25. The first-order valence-corrected chi connectivity index (χ1v) is 7.43. The highest BCUT2D eigenvalue weighted by Crippen LogP contribution is 2.50. The number of halogens is 1. The van der Waals surface area contributed by atoms with Crippen LogP contribution in [-0.4, -0.2) is 18.0 Å². The number of rotatable bonds is 1. The maximum Gasteiger partial charge on any atom is 0.329 e. The number of imide groups is 1. The summed E-state index contributed by atoms with van der Waals surface area (Å²) < 4.78 is 0. The third-order valence-electron chi connectivity index (χ3n) is 5.00. The minimum atomic E-state index is -0.300. The molecule has 1 N–H and O–H groups in total. The molecule has 3 amide bonds. The normalized spacial score (nSPS) is 35.1. The van der Waals surface area contributed by atoms with Crippen molar-refractivity contribution in [2.75, 3.05) is 4.90 Å². The average molecular weight is 291 g/mol. The van der Waals surface area contributed by atoms with Crippen LogP contribution in [0.2, 0.25) is 5.02 Å².